The maximum atomic E-state index is 5.30. The van der Waals surface area contributed by atoms with Crippen molar-refractivity contribution in [2.24, 2.45) is 11.3 Å². The first-order valence-electron chi connectivity index (χ1n) is 5.56. The molecule has 0 amide bonds. The molecule has 0 heterocycles. The average Bonchev–Trinajstić information content (AvgIpc) is 2.07. The molecule has 0 N–H and O–H groups in total. The highest BCUT2D eigenvalue weighted by atomic mass is 16.5. The molecule has 0 aromatic heterocycles. The third kappa shape index (κ3) is 9.88. The monoisotopic (exact) mass is 188 g/mol. The SMILES string of the molecule is CC.CCOCCC(C)C(C)(C)C. The van der Waals surface area contributed by atoms with Gasteiger partial charge in [0, 0.05) is 13.2 Å². The summed E-state index contributed by atoms with van der Waals surface area (Å²) < 4.78 is 5.30. The highest BCUT2D eigenvalue weighted by molar-refractivity contribution is 4.69. The quantitative estimate of drug-likeness (QED) is 0.603. The Balaban J connectivity index is 0. The van der Waals surface area contributed by atoms with Gasteiger partial charge in [-0.1, -0.05) is 41.5 Å². The zero-order valence-corrected chi connectivity index (χ0v) is 10.6. The van der Waals surface area contributed by atoms with E-state index in [0.29, 0.717) is 5.41 Å². The van der Waals surface area contributed by atoms with E-state index in [1.807, 2.05) is 20.8 Å². The van der Waals surface area contributed by atoms with Crippen LogP contribution in [-0.2, 0) is 4.74 Å². The van der Waals surface area contributed by atoms with Crippen LogP contribution in [0.5, 0.6) is 0 Å². The molecule has 0 spiro atoms. The Labute approximate surface area is 84.9 Å². The number of hydrogen-bond donors (Lipinski definition) is 0. The van der Waals surface area contributed by atoms with Gasteiger partial charge in [-0.15, -0.1) is 0 Å². The van der Waals surface area contributed by atoms with Crippen LogP contribution in [0.25, 0.3) is 0 Å². The van der Waals surface area contributed by atoms with Crippen molar-refractivity contribution < 1.29 is 4.74 Å². The Bertz CT molecular complexity index is 91.8. The minimum Gasteiger partial charge on any atom is -0.382 e. The van der Waals surface area contributed by atoms with Crippen LogP contribution < -0.4 is 0 Å². The summed E-state index contributed by atoms with van der Waals surface area (Å²) in [5.41, 5.74) is 0.428. The van der Waals surface area contributed by atoms with Crippen LogP contribution in [0.4, 0.5) is 0 Å². The predicted molar refractivity (Wildman–Crippen MR) is 61.1 cm³/mol. The molecule has 0 aliphatic carbocycles. The third-order valence-corrected chi connectivity index (χ3v) is 2.38. The van der Waals surface area contributed by atoms with Gasteiger partial charge in [-0.3, -0.25) is 0 Å². The lowest BCUT2D eigenvalue weighted by atomic mass is 9.80. The second-order valence-electron chi connectivity index (χ2n) is 4.25. The van der Waals surface area contributed by atoms with Crippen molar-refractivity contribution >= 4 is 0 Å². The van der Waals surface area contributed by atoms with Gasteiger partial charge in [0.05, 0.1) is 0 Å². The van der Waals surface area contributed by atoms with Crippen LogP contribution in [0.15, 0.2) is 0 Å². The van der Waals surface area contributed by atoms with Crippen LogP contribution in [0, 0.1) is 11.3 Å². The topological polar surface area (TPSA) is 9.23 Å². The summed E-state index contributed by atoms with van der Waals surface area (Å²) >= 11 is 0. The maximum absolute atomic E-state index is 5.30. The highest BCUT2D eigenvalue weighted by Gasteiger charge is 2.18. The molecule has 0 aliphatic heterocycles. The van der Waals surface area contributed by atoms with Crippen molar-refractivity contribution in [3.05, 3.63) is 0 Å². The first-order chi connectivity index (χ1) is 5.98. The molecule has 13 heavy (non-hydrogen) atoms. The first kappa shape index (κ1) is 15.4. The molecule has 1 unspecified atom stereocenters. The fourth-order valence-electron chi connectivity index (χ4n) is 0.837. The predicted octanol–water partition coefficient (Wildman–Crippen LogP) is 4.12. The summed E-state index contributed by atoms with van der Waals surface area (Å²) in [6, 6.07) is 0. The summed E-state index contributed by atoms with van der Waals surface area (Å²) in [5, 5.41) is 0. The van der Waals surface area contributed by atoms with E-state index in [1.165, 1.54) is 6.42 Å². The van der Waals surface area contributed by atoms with Gasteiger partial charge in [0.1, 0.15) is 0 Å². The molecule has 0 saturated heterocycles. The van der Waals surface area contributed by atoms with E-state index in [4.69, 9.17) is 4.74 Å². The Kier molecular flexibility index (Phi) is 10.2. The van der Waals surface area contributed by atoms with Crippen molar-refractivity contribution in [2.75, 3.05) is 13.2 Å². The van der Waals surface area contributed by atoms with Gasteiger partial charge in [-0.25, -0.2) is 0 Å². The maximum Gasteiger partial charge on any atom is 0.0468 e. The van der Waals surface area contributed by atoms with Crippen LogP contribution >= 0.6 is 0 Å². The molecule has 0 radical (unpaired) electrons. The van der Waals surface area contributed by atoms with Crippen molar-refractivity contribution in [3.63, 3.8) is 0 Å². The molecular weight excluding hydrogens is 160 g/mol. The van der Waals surface area contributed by atoms with Crippen molar-refractivity contribution in [1.82, 2.24) is 0 Å². The van der Waals surface area contributed by atoms with E-state index >= 15 is 0 Å². The molecule has 0 fully saturated rings. The molecule has 0 aromatic rings. The van der Waals surface area contributed by atoms with Gasteiger partial charge in [-0.2, -0.15) is 0 Å². The van der Waals surface area contributed by atoms with Gasteiger partial charge >= 0.3 is 0 Å². The molecule has 1 atom stereocenters. The van der Waals surface area contributed by atoms with E-state index in [9.17, 15) is 0 Å². The van der Waals surface area contributed by atoms with Crippen LogP contribution in [0.1, 0.15) is 54.9 Å². The Morgan fingerprint density at radius 1 is 1.15 bits per heavy atom. The van der Waals surface area contributed by atoms with E-state index in [0.717, 1.165) is 19.1 Å². The van der Waals surface area contributed by atoms with Crippen molar-refractivity contribution in [3.8, 4) is 0 Å². The fourth-order valence-corrected chi connectivity index (χ4v) is 0.837. The first-order valence-corrected chi connectivity index (χ1v) is 5.56. The third-order valence-electron chi connectivity index (χ3n) is 2.38. The van der Waals surface area contributed by atoms with E-state index < -0.39 is 0 Å². The van der Waals surface area contributed by atoms with Gasteiger partial charge < -0.3 is 4.74 Å². The molecule has 1 nitrogen and oxygen atoms in total. The normalized spacial score (nSPS) is 13.2. The lowest BCUT2D eigenvalue weighted by Crippen LogP contribution is -2.18. The molecule has 1 heteroatoms. The average molecular weight is 188 g/mol. The number of hydrogen-bond acceptors (Lipinski definition) is 1. The molecule has 0 saturated carbocycles. The lowest BCUT2D eigenvalue weighted by molar-refractivity contribution is 0.112. The second kappa shape index (κ2) is 8.55. The minimum absolute atomic E-state index is 0.428. The molecule has 0 bridgehead atoms. The molecule has 82 valence electrons. The largest absolute Gasteiger partial charge is 0.382 e. The second-order valence-corrected chi connectivity index (χ2v) is 4.25. The van der Waals surface area contributed by atoms with Gasteiger partial charge in [0.2, 0.25) is 0 Å². The standard InChI is InChI=1S/C10H22O.C2H6/c1-6-11-8-7-9(2)10(3,4)5;1-2/h9H,6-8H2,1-5H3;1-2H3. The minimum atomic E-state index is 0.428. The zero-order valence-electron chi connectivity index (χ0n) is 10.6. The van der Waals surface area contributed by atoms with E-state index in [1.54, 1.807) is 0 Å². The summed E-state index contributed by atoms with van der Waals surface area (Å²) in [4.78, 5) is 0. The van der Waals surface area contributed by atoms with Crippen molar-refractivity contribution in [2.45, 2.75) is 54.9 Å². The van der Waals surface area contributed by atoms with Crippen LogP contribution in [0.3, 0.4) is 0 Å². The zero-order chi connectivity index (χ0) is 10.9. The lowest BCUT2D eigenvalue weighted by Gasteiger charge is -2.26. The number of rotatable bonds is 4. The molecule has 0 aromatic carbocycles. The summed E-state index contributed by atoms with van der Waals surface area (Å²) in [6.45, 7) is 16.9. The smallest absolute Gasteiger partial charge is 0.0468 e. The summed E-state index contributed by atoms with van der Waals surface area (Å²) in [6.07, 6.45) is 1.18. The van der Waals surface area contributed by atoms with Gasteiger partial charge in [0.25, 0.3) is 0 Å². The summed E-state index contributed by atoms with van der Waals surface area (Å²) in [5.74, 6) is 0.744. The van der Waals surface area contributed by atoms with Gasteiger partial charge in [0.15, 0.2) is 0 Å². The van der Waals surface area contributed by atoms with E-state index in [2.05, 4.69) is 27.7 Å². The molecule has 0 aliphatic rings. The Morgan fingerprint density at radius 3 is 1.92 bits per heavy atom. The van der Waals surface area contributed by atoms with Crippen LogP contribution in [-0.4, -0.2) is 13.2 Å². The highest BCUT2D eigenvalue weighted by Crippen LogP contribution is 2.27. The van der Waals surface area contributed by atoms with E-state index in [-0.39, 0.29) is 0 Å². The number of ether oxygens (including phenoxy) is 1. The Hall–Kier alpha value is -0.0400. The van der Waals surface area contributed by atoms with Crippen LogP contribution in [0.2, 0.25) is 0 Å². The van der Waals surface area contributed by atoms with Crippen molar-refractivity contribution in [1.29, 1.82) is 0 Å². The summed E-state index contributed by atoms with van der Waals surface area (Å²) in [7, 11) is 0. The fraction of sp³-hybridized carbons (Fsp3) is 1.00. The molecule has 0 rings (SSSR count). The van der Waals surface area contributed by atoms with Gasteiger partial charge in [-0.05, 0) is 24.7 Å². The molecular formula is C12H28O. The Morgan fingerprint density at radius 2 is 1.62 bits per heavy atom.